The van der Waals surface area contributed by atoms with Crippen molar-refractivity contribution in [3.63, 3.8) is 0 Å². The predicted molar refractivity (Wildman–Crippen MR) is 54.1 cm³/mol. The third-order valence-corrected chi connectivity index (χ3v) is 1.81. The molecule has 5 nitrogen and oxygen atoms in total. The monoisotopic (exact) mass is 188 g/mol. The van der Waals surface area contributed by atoms with Crippen molar-refractivity contribution in [1.29, 1.82) is 0 Å². The van der Waals surface area contributed by atoms with Crippen LogP contribution in [0, 0.1) is 0 Å². The number of nitrogens with two attached hydrogens (primary N) is 1. The van der Waals surface area contributed by atoms with Crippen LogP contribution in [0.5, 0.6) is 0 Å². The van der Waals surface area contributed by atoms with Crippen molar-refractivity contribution in [2.24, 2.45) is 10.9 Å². The van der Waals surface area contributed by atoms with Gasteiger partial charge in [-0.2, -0.15) is 0 Å². The van der Waals surface area contributed by atoms with Gasteiger partial charge in [0.1, 0.15) is 5.84 Å². The molecule has 0 atom stereocenters. The van der Waals surface area contributed by atoms with E-state index in [0.29, 0.717) is 6.42 Å². The highest BCUT2D eigenvalue weighted by Crippen LogP contribution is 1.88. The number of hydrogen-bond acceptors (Lipinski definition) is 4. The summed E-state index contributed by atoms with van der Waals surface area (Å²) < 4.78 is 0. The van der Waals surface area contributed by atoms with E-state index in [9.17, 15) is 0 Å². The third kappa shape index (κ3) is 7.55. The Morgan fingerprint density at radius 2 is 1.85 bits per heavy atom. The van der Waals surface area contributed by atoms with Crippen LogP contribution in [-0.2, 0) is 0 Å². The summed E-state index contributed by atoms with van der Waals surface area (Å²) in [5.74, 6) is 0.289. The van der Waals surface area contributed by atoms with Gasteiger partial charge in [0.05, 0.1) is 0 Å². The molecule has 0 heterocycles. The Labute approximate surface area is 79.8 Å². The molecule has 3 N–H and O–H groups in total. The first-order chi connectivity index (χ1) is 6.06. The Morgan fingerprint density at radius 3 is 2.31 bits per heavy atom. The lowest BCUT2D eigenvalue weighted by Gasteiger charge is -2.18. The van der Waals surface area contributed by atoms with E-state index in [2.05, 4.69) is 15.0 Å². The van der Waals surface area contributed by atoms with Gasteiger partial charge in [-0.1, -0.05) is 5.16 Å². The standard InChI is InChI=1S/C8H20N4O/c1-11(2)6-7-12(3)5-4-8(9)10-13/h13H,4-7H2,1-3H3,(H2,9,10). The summed E-state index contributed by atoms with van der Waals surface area (Å²) in [5, 5.41) is 11.2. The molecule has 5 heteroatoms. The van der Waals surface area contributed by atoms with Gasteiger partial charge in [-0.3, -0.25) is 0 Å². The Kier molecular flexibility index (Phi) is 6.26. The maximum Gasteiger partial charge on any atom is 0.140 e. The normalized spacial score (nSPS) is 12.8. The quantitative estimate of drug-likeness (QED) is 0.258. The van der Waals surface area contributed by atoms with Crippen LogP contribution in [0.4, 0.5) is 0 Å². The average molecular weight is 188 g/mol. The summed E-state index contributed by atoms with van der Waals surface area (Å²) in [7, 11) is 6.10. The smallest absolute Gasteiger partial charge is 0.140 e. The molecule has 0 fully saturated rings. The molecule has 78 valence electrons. The van der Waals surface area contributed by atoms with Crippen molar-refractivity contribution in [2.45, 2.75) is 6.42 Å². The van der Waals surface area contributed by atoms with Crippen molar-refractivity contribution in [2.75, 3.05) is 40.8 Å². The van der Waals surface area contributed by atoms with Gasteiger partial charge >= 0.3 is 0 Å². The van der Waals surface area contributed by atoms with Crippen LogP contribution in [-0.4, -0.2) is 61.6 Å². The zero-order chi connectivity index (χ0) is 10.3. The lowest BCUT2D eigenvalue weighted by molar-refractivity contribution is 0.284. The van der Waals surface area contributed by atoms with Gasteiger partial charge in [-0.15, -0.1) is 0 Å². The number of nitrogens with zero attached hydrogens (tertiary/aromatic N) is 3. The molecule has 0 aliphatic carbocycles. The predicted octanol–water partition coefficient (Wildman–Crippen LogP) is -0.384. The van der Waals surface area contributed by atoms with Gasteiger partial charge in [-0.05, 0) is 21.1 Å². The van der Waals surface area contributed by atoms with Crippen molar-refractivity contribution in [1.82, 2.24) is 9.80 Å². The Bertz CT molecular complexity index is 158. The Hall–Kier alpha value is -0.810. The van der Waals surface area contributed by atoms with Gasteiger partial charge in [-0.25, -0.2) is 0 Å². The number of hydrogen-bond donors (Lipinski definition) is 2. The highest BCUT2D eigenvalue weighted by atomic mass is 16.4. The average Bonchev–Trinajstić information content (AvgIpc) is 2.10. The summed E-state index contributed by atoms with van der Waals surface area (Å²) in [6.07, 6.45) is 0.612. The lowest BCUT2D eigenvalue weighted by atomic mass is 10.3. The second-order valence-electron chi connectivity index (χ2n) is 3.45. The van der Waals surface area contributed by atoms with Crippen molar-refractivity contribution >= 4 is 5.84 Å². The molecule has 0 aliphatic heterocycles. The van der Waals surface area contributed by atoms with Crippen LogP contribution in [0.2, 0.25) is 0 Å². The van der Waals surface area contributed by atoms with Crippen molar-refractivity contribution in [3.05, 3.63) is 0 Å². The van der Waals surface area contributed by atoms with Crippen LogP contribution in [0.25, 0.3) is 0 Å². The summed E-state index contributed by atoms with van der Waals surface area (Å²) in [6.45, 7) is 2.84. The molecule has 0 aromatic rings. The minimum atomic E-state index is 0.289. The Balaban J connectivity index is 3.46. The summed E-state index contributed by atoms with van der Waals surface area (Å²) in [4.78, 5) is 4.28. The van der Waals surface area contributed by atoms with E-state index in [4.69, 9.17) is 10.9 Å². The van der Waals surface area contributed by atoms with Crippen LogP contribution in [0.3, 0.4) is 0 Å². The second kappa shape index (κ2) is 6.68. The van der Waals surface area contributed by atoms with E-state index >= 15 is 0 Å². The number of likely N-dealkylation sites (N-methyl/N-ethyl adjacent to an activating group) is 2. The number of amidine groups is 1. The molecule has 0 saturated heterocycles. The number of oxime groups is 1. The zero-order valence-corrected chi connectivity index (χ0v) is 8.69. The van der Waals surface area contributed by atoms with Crippen LogP contribution >= 0.6 is 0 Å². The first-order valence-electron chi connectivity index (χ1n) is 4.36. The Morgan fingerprint density at radius 1 is 1.23 bits per heavy atom. The van der Waals surface area contributed by atoms with Crippen molar-refractivity contribution < 1.29 is 5.21 Å². The van der Waals surface area contributed by atoms with E-state index in [1.165, 1.54) is 0 Å². The second-order valence-corrected chi connectivity index (χ2v) is 3.45. The molecule has 0 bridgehead atoms. The maximum atomic E-state index is 8.30. The minimum Gasteiger partial charge on any atom is -0.409 e. The molecule has 0 amide bonds. The highest BCUT2D eigenvalue weighted by molar-refractivity contribution is 5.79. The molecule has 0 aliphatic rings. The minimum absolute atomic E-state index is 0.289. The summed E-state index contributed by atoms with van der Waals surface area (Å²) in [6, 6.07) is 0. The fourth-order valence-electron chi connectivity index (χ4n) is 0.838. The van der Waals surface area contributed by atoms with E-state index in [1.54, 1.807) is 0 Å². The van der Waals surface area contributed by atoms with E-state index in [1.807, 2.05) is 21.1 Å². The molecule has 13 heavy (non-hydrogen) atoms. The van der Waals surface area contributed by atoms with Crippen LogP contribution in [0.15, 0.2) is 5.16 Å². The van der Waals surface area contributed by atoms with Gasteiger partial charge in [0.25, 0.3) is 0 Å². The summed E-state index contributed by atoms with van der Waals surface area (Å²) >= 11 is 0. The first kappa shape index (κ1) is 12.2. The van der Waals surface area contributed by atoms with Crippen LogP contribution < -0.4 is 5.73 Å². The van der Waals surface area contributed by atoms with E-state index in [-0.39, 0.29) is 5.84 Å². The summed E-state index contributed by atoms with van der Waals surface area (Å²) in [5.41, 5.74) is 5.34. The topological polar surface area (TPSA) is 65.1 Å². The highest BCUT2D eigenvalue weighted by Gasteiger charge is 2.00. The van der Waals surface area contributed by atoms with Gasteiger partial charge in [0.2, 0.25) is 0 Å². The van der Waals surface area contributed by atoms with Crippen molar-refractivity contribution in [3.8, 4) is 0 Å². The molecule has 0 spiro atoms. The molecular formula is C8H20N4O. The molecule has 0 saturated carbocycles. The SMILES string of the molecule is CN(C)CCN(C)CC/C(N)=N/O. The lowest BCUT2D eigenvalue weighted by Crippen LogP contribution is -2.31. The fraction of sp³-hybridized carbons (Fsp3) is 0.875. The molecule has 0 radical (unpaired) electrons. The maximum absolute atomic E-state index is 8.30. The zero-order valence-electron chi connectivity index (χ0n) is 8.69. The fourth-order valence-corrected chi connectivity index (χ4v) is 0.838. The largest absolute Gasteiger partial charge is 0.409 e. The molecule has 0 unspecified atom stereocenters. The molecule has 0 rings (SSSR count). The van der Waals surface area contributed by atoms with Gasteiger partial charge < -0.3 is 20.7 Å². The molecule has 0 aromatic carbocycles. The van der Waals surface area contributed by atoms with E-state index < -0.39 is 0 Å². The first-order valence-corrected chi connectivity index (χ1v) is 4.36. The molecule has 0 aromatic heterocycles. The van der Waals surface area contributed by atoms with Gasteiger partial charge in [0.15, 0.2) is 0 Å². The van der Waals surface area contributed by atoms with Crippen LogP contribution in [0.1, 0.15) is 6.42 Å². The molecular weight excluding hydrogens is 168 g/mol. The number of rotatable bonds is 6. The van der Waals surface area contributed by atoms with E-state index in [0.717, 1.165) is 19.6 Å². The van der Waals surface area contributed by atoms with Gasteiger partial charge in [0, 0.05) is 26.1 Å². The third-order valence-electron chi connectivity index (χ3n) is 1.81.